The molecule has 2 rings (SSSR count). The molecule has 1 aliphatic carbocycles. The number of hydrogen-bond acceptors (Lipinski definition) is 3. The van der Waals surface area contributed by atoms with Gasteiger partial charge in [0.05, 0.1) is 11.4 Å². The second-order valence-electron chi connectivity index (χ2n) is 4.46. The van der Waals surface area contributed by atoms with Crippen LogP contribution < -0.4 is 10.6 Å². The van der Waals surface area contributed by atoms with Crippen LogP contribution in [-0.4, -0.2) is 23.0 Å². The van der Waals surface area contributed by atoms with Crippen LogP contribution in [0.25, 0.3) is 0 Å². The standard InChI is InChI=1S/C13H17N3O2/c1-9(16-18)11-7-2-3-8-12(11)15-13(17)14-10-5-4-6-10/h2-3,7-8,10,18H,4-6H2,1H3,(H2,14,15,17)/b16-9-. The van der Waals surface area contributed by atoms with Crippen molar-refractivity contribution >= 4 is 17.4 Å². The van der Waals surface area contributed by atoms with E-state index < -0.39 is 0 Å². The van der Waals surface area contributed by atoms with Crippen LogP contribution in [0.15, 0.2) is 29.4 Å². The number of oxime groups is 1. The quantitative estimate of drug-likeness (QED) is 0.436. The van der Waals surface area contributed by atoms with Gasteiger partial charge in [0.25, 0.3) is 0 Å². The number of rotatable bonds is 3. The van der Waals surface area contributed by atoms with Gasteiger partial charge in [0.15, 0.2) is 0 Å². The second kappa shape index (κ2) is 5.53. The lowest BCUT2D eigenvalue weighted by Crippen LogP contribution is -2.42. The molecule has 96 valence electrons. The fourth-order valence-corrected chi connectivity index (χ4v) is 1.86. The molecule has 0 aliphatic heterocycles. The molecule has 0 spiro atoms. The third kappa shape index (κ3) is 2.80. The largest absolute Gasteiger partial charge is 0.411 e. The van der Waals surface area contributed by atoms with Crippen LogP contribution >= 0.6 is 0 Å². The minimum absolute atomic E-state index is 0.210. The van der Waals surface area contributed by atoms with Crippen LogP contribution in [-0.2, 0) is 0 Å². The van der Waals surface area contributed by atoms with Crippen LogP contribution in [0.1, 0.15) is 31.7 Å². The van der Waals surface area contributed by atoms with Gasteiger partial charge in [-0.2, -0.15) is 0 Å². The molecule has 0 atom stereocenters. The Labute approximate surface area is 106 Å². The van der Waals surface area contributed by atoms with Crippen molar-refractivity contribution in [1.29, 1.82) is 0 Å². The van der Waals surface area contributed by atoms with Crippen molar-refractivity contribution in [2.45, 2.75) is 32.2 Å². The number of nitrogens with zero attached hydrogens (tertiary/aromatic N) is 1. The first kappa shape index (κ1) is 12.4. The van der Waals surface area contributed by atoms with E-state index in [0.717, 1.165) is 12.8 Å². The number of anilines is 1. The van der Waals surface area contributed by atoms with E-state index in [1.807, 2.05) is 12.1 Å². The molecule has 1 aromatic carbocycles. The molecule has 1 fully saturated rings. The van der Waals surface area contributed by atoms with Gasteiger partial charge in [-0.3, -0.25) is 0 Å². The zero-order valence-electron chi connectivity index (χ0n) is 10.3. The van der Waals surface area contributed by atoms with E-state index >= 15 is 0 Å². The van der Waals surface area contributed by atoms with E-state index in [9.17, 15) is 4.79 Å². The second-order valence-corrected chi connectivity index (χ2v) is 4.46. The summed E-state index contributed by atoms with van der Waals surface area (Å²) >= 11 is 0. The van der Waals surface area contributed by atoms with E-state index in [-0.39, 0.29) is 6.03 Å². The predicted octanol–water partition coefficient (Wildman–Crippen LogP) is 2.56. The summed E-state index contributed by atoms with van der Waals surface area (Å²) in [7, 11) is 0. The molecule has 5 nitrogen and oxygen atoms in total. The number of carbonyl (C=O) groups excluding carboxylic acids is 1. The van der Waals surface area contributed by atoms with Gasteiger partial charge in [0.2, 0.25) is 0 Å². The van der Waals surface area contributed by atoms with Crippen LogP contribution in [0.5, 0.6) is 0 Å². The first-order valence-electron chi connectivity index (χ1n) is 6.06. The zero-order chi connectivity index (χ0) is 13.0. The topological polar surface area (TPSA) is 73.7 Å². The van der Waals surface area contributed by atoms with Crippen molar-refractivity contribution in [2.75, 3.05) is 5.32 Å². The van der Waals surface area contributed by atoms with Crippen molar-refractivity contribution in [3.8, 4) is 0 Å². The highest BCUT2D eigenvalue weighted by atomic mass is 16.4. The van der Waals surface area contributed by atoms with Gasteiger partial charge in [0.1, 0.15) is 0 Å². The molecular formula is C13H17N3O2. The van der Waals surface area contributed by atoms with Crippen LogP contribution in [0, 0.1) is 0 Å². The third-order valence-corrected chi connectivity index (χ3v) is 3.16. The Morgan fingerprint density at radius 1 is 1.39 bits per heavy atom. The molecule has 0 radical (unpaired) electrons. The van der Waals surface area contributed by atoms with Gasteiger partial charge >= 0.3 is 6.03 Å². The average molecular weight is 247 g/mol. The molecule has 0 aromatic heterocycles. The van der Waals surface area contributed by atoms with Gasteiger partial charge in [-0.15, -0.1) is 0 Å². The summed E-state index contributed by atoms with van der Waals surface area (Å²) in [6.07, 6.45) is 3.27. The Bertz CT molecular complexity index is 467. The SMILES string of the molecule is C/C(=N/O)c1ccccc1NC(=O)NC1CCC1. The third-order valence-electron chi connectivity index (χ3n) is 3.16. The lowest BCUT2D eigenvalue weighted by molar-refractivity contribution is 0.240. The molecule has 2 amide bonds. The predicted molar refractivity (Wildman–Crippen MR) is 70.2 cm³/mol. The lowest BCUT2D eigenvalue weighted by Gasteiger charge is -2.26. The van der Waals surface area contributed by atoms with Gasteiger partial charge in [-0.05, 0) is 32.3 Å². The van der Waals surface area contributed by atoms with Gasteiger partial charge in [-0.25, -0.2) is 4.79 Å². The highest BCUT2D eigenvalue weighted by molar-refractivity contribution is 6.06. The smallest absolute Gasteiger partial charge is 0.319 e. The monoisotopic (exact) mass is 247 g/mol. The average Bonchev–Trinajstić information content (AvgIpc) is 2.34. The number of nitrogens with one attached hydrogen (secondary N) is 2. The zero-order valence-corrected chi connectivity index (χ0v) is 10.3. The molecule has 0 saturated heterocycles. The maximum atomic E-state index is 11.8. The summed E-state index contributed by atoms with van der Waals surface area (Å²) in [5, 5.41) is 17.6. The number of carbonyl (C=O) groups is 1. The molecule has 3 N–H and O–H groups in total. The molecule has 0 heterocycles. The minimum atomic E-state index is -0.210. The molecule has 0 bridgehead atoms. The summed E-state index contributed by atoms with van der Waals surface area (Å²) in [6, 6.07) is 7.33. The van der Waals surface area contributed by atoms with E-state index in [2.05, 4.69) is 15.8 Å². The number of para-hydroxylation sites is 1. The molecular weight excluding hydrogens is 230 g/mol. The maximum Gasteiger partial charge on any atom is 0.319 e. The number of amides is 2. The van der Waals surface area contributed by atoms with Crippen molar-refractivity contribution < 1.29 is 10.0 Å². The first-order valence-corrected chi connectivity index (χ1v) is 6.06. The molecule has 18 heavy (non-hydrogen) atoms. The minimum Gasteiger partial charge on any atom is -0.411 e. The Morgan fingerprint density at radius 2 is 2.11 bits per heavy atom. The molecule has 1 aromatic rings. The van der Waals surface area contributed by atoms with Gasteiger partial charge in [0, 0.05) is 11.6 Å². The van der Waals surface area contributed by atoms with Crippen LogP contribution in [0.4, 0.5) is 10.5 Å². The molecule has 1 saturated carbocycles. The van der Waals surface area contributed by atoms with Gasteiger partial charge in [-0.1, -0.05) is 23.4 Å². The molecule has 0 unspecified atom stereocenters. The van der Waals surface area contributed by atoms with Crippen LogP contribution in [0.2, 0.25) is 0 Å². The highest BCUT2D eigenvalue weighted by Gasteiger charge is 2.19. The van der Waals surface area contributed by atoms with Crippen molar-refractivity contribution in [1.82, 2.24) is 5.32 Å². The number of benzene rings is 1. The molecule has 5 heteroatoms. The normalized spacial score (nSPS) is 15.9. The van der Waals surface area contributed by atoms with Crippen molar-refractivity contribution in [2.24, 2.45) is 5.16 Å². The van der Waals surface area contributed by atoms with E-state index in [4.69, 9.17) is 5.21 Å². The lowest BCUT2D eigenvalue weighted by atomic mass is 9.93. The molecule has 1 aliphatic rings. The summed E-state index contributed by atoms with van der Waals surface area (Å²) in [4.78, 5) is 11.8. The van der Waals surface area contributed by atoms with Crippen LogP contribution in [0.3, 0.4) is 0 Å². The first-order chi connectivity index (χ1) is 8.70. The Hall–Kier alpha value is -2.04. The summed E-state index contributed by atoms with van der Waals surface area (Å²) in [6.45, 7) is 1.68. The summed E-state index contributed by atoms with van der Waals surface area (Å²) in [5.41, 5.74) is 1.82. The van der Waals surface area contributed by atoms with E-state index in [1.165, 1.54) is 6.42 Å². The fraction of sp³-hybridized carbons (Fsp3) is 0.385. The Morgan fingerprint density at radius 3 is 2.72 bits per heavy atom. The van der Waals surface area contributed by atoms with Crippen molar-refractivity contribution in [3.05, 3.63) is 29.8 Å². The summed E-state index contributed by atoms with van der Waals surface area (Å²) < 4.78 is 0. The van der Waals surface area contributed by atoms with E-state index in [1.54, 1.807) is 19.1 Å². The number of urea groups is 1. The summed E-state index contributed by atoms with van der Waals surface area (Å²) in [5.74, 6) is 0. The van der Waals surface area contributed by atoms with Crippen molar-refractivity contribution in [3.63, 3.8) is 0 Å². The maximum absolute atomic E-state index is 11.8. The van der Waals surface area contributed by atoms with Gasteiger partial charge < -0.3 is 15.8 Å². The van der Waals surface area contributed by atoms with E-state index in [0.29, 0.717) is 23.0 Å². The Balaban J connectivity index is 2.05. The fourth-order valence-electron chi connectivity index (χ4n) is 1.86. The number of hydrogen-bond donors (Lipinski definition) is 3. The Kier molecular flexibility index (Phi) is 3.82. The highest BCUT2D eigenvalue weighted by Crippen LogP contribution is 2.19.